The number of rotatable bonds is 5. The topological polar surface area (TPSA) is 12.0 Å². The number of benzene rings is 1. The van der Waals surface area contributed by atoms with Crippen molar-refractivity contribution in [3.05, 3.63) is 34.9 Å². The molecule has 1 nitrogen and oxygen atoms in total. The highest BCUT2D eigenvalue weighted by Crippen LogP contribution is 2.36. The van der Waals surface area contributed by atoms with Gasteiger partial charge in [0.15, 0.2) is 0 Å². The molecule has 0 bridgehead atoms. The Hall–Kier alpha value is -0.530. The summed E-state index contributed by atoms with van der Waals surface area (Å²) in [6.45, 7) is 2.31. The predicted octanol–water partition coefficient (Wildman–Crippen LogP) is 4.30. The Morgan fingerprint density at radius 3 is 2.72 bits per heavy atom. The van der Waals surface area contributed by atoms with Crippen LogP contribution in [0.5, 0.6) is 0 Å². The van der Waals surface area contributed by atoms with Crippen LogP contribution in [-0.4, -0.2) is 13.1 Å². The van der Waals surface area contributed by atoms with Gasteiger partial charge in [0.05, 0.1) is 0 Å². The van der Waals surface area contributed by atoms with E-state index in [0.29, 0.717) is 6.04 Å². The molecule has 1 aliphatic rings. The number of hydrogen-bond acceptors (Lipinski definition) is 1. The summed E-state index contributed by atoms with van der Waals surface area (Å²) >= 11 is 6.26. The van der Waals surface area contributed by atoms with Gasteiger partial charge in [0.1, 0.15) is 0 Å². The van der Waals surface area contributed by atoms with Crippen LogP contribution >= 0.6 is 11.6 Å². The molecule has 0 amide bonds. The summed E-state index contributed by atoms with van der Waals surface area (Å²) in [4.78, 5) is 0. The van der Waals surface area contributed by atoms with Crippen molar-refractivity contribution in [1.29, 1.82) is 0 Å². The fourth-order valence-electron chi connectivity index (χ4n) is 3.26. The monoisotopic (exact) mass is 265 g/mol. The molecule has 1 aromatic rings. The minimum atomic E-state index is 0.571. The summed E-state index contributed by atoms with van der Waals surface area (Å²) in [5.74, 6) is 1.76. The zero-order chi connectivity index (χ0) is 13.0. The highest BCUT2D eigenvalue weighted by molar-refractivity contribution is 6.31. The van der Waals surface area contributed by atoms with Crippen molar-refractivity contribution >= 4 is 11.6 Å². The molecule has 1 fully saturated rings. The molecule has 18 heavy (non-hydrogen) atoms. The molecule has 100 valence electrons. The van der Waals surface area contributed by atoms with Crippen LogP contribution in [0.4, 0.5) is 0 Å². The van der Waals surface area contributed by atoms with Gasteiger partial charge in [0.2, 0.25) is 0 Å². The molecule has 2 heteroatoms. The summed E-state index contributed by atoms with van der Waals surface area (Å²) < 4.78 is 0. The van der Waals surface area contributed by atoms with Crippen LogP contribution in [-0.2, 0) is 6.42 Å². The maximum absolute atomic E-state index is 6.26. The molecule has 0 aromatic heterocycles. The molecule has 1 N–H and O–H groups in total. The van der Waals surface area contributed by atoms with Crippen molar-refractivity contribution in [3.8, 4) is 0 Å². The van der Waals surface area contributed by atoms with E-state index in [9.17, 15) is 0 Å². The second kappa shape index (κ2) is 6.58. The second-order valence-electron chi connectivity index (χ2n) is 5.54. The standard InChI is InChI=1S/C16H24ClN/c1-3-12-8-9-14(10-12)16(18-2)11-13-6-4-5-7-15(13)17/h4-7,12,14,16,18H,3,8-11H2,1-2H3. The van der Waals surface area contributed by atoms with Crippen LogP contribution in [0.1, 0.15) is 38.2 Å². The van der Waals surface area contributed by atoms with Crippen molar-refractivity contribution in [2.75, 3.05) is 7.05 Å². The summed E-state index contributed by atoms with van der Waals surface area (Å²) in [7, 11) is 2.08. The molecule has 2 rings (SSSR count). The minimum Gasteiger partial charge on any atom is -0.316 e. The number of nitrogens with one attached hydrogen (secondary N) is 1. The van der Waals surface area contributed by atoms with E-state index in [2.05, 4.69) is 31.4 Å². The molecule has 0 aliphatic heterocycles. The lowest BCUT2D eigenvalue weighted by Gasteiger charge is -2.24. The average molecular weight is 266 g/mol. The second-order valence-corrected chi connectivity index (χ2v) is 5.95. The zero-order valence-corrected chi connectivity index (χ0v) is 12.2. The van der Waals surface area contributed by atoms with E-state index in [4.69, 9.17) is 11.6 Å². The third-order valence-corrected chi connectivity index (χ3v) is 4.87. The van der Waals surface area contributed by atoms with Crippen LogP contribution in [0.15, 0.2) is 24.3 Å². The van der Waals surface area contributed by atoms with E-state index in [1.54, 1.807) is 0 Å². The first kappa shape index (κ1) is 13.9. The Labute approximate surface area is 116 Å². The first-order valence-corrected chi connectivity index (χ1v) is 7.53. The van der Waals surface area contributed by atoms with Gasteiger partial charge >= 0.3 is 0 Å². The third kappa shape index (κ3) is 3.27. The Morgan fingerprint density at radius 2 is 2.11 bits per heavy atom. The lowest BCUT2D eigenvalue weighted by Crippen LogP contribution is -2.34. The first-order valence-electron chi connectivity index (χ1n) is 7.15. The molecule has 0 saturated heterocycles. The number of hydrogen-bond donors (Lipinski definition) is 1. The quantitative estimate of drug-likeness (QED) is 0.837. The molecule has 1 aromatic carbocycles. The fourth-order valence-corrected chi connectivity index (χ4v) is 3.47. The van der Waals surface area contributed by atoms with Gasteiger partial charge in [-0.25, -0.2) is 0 Å². The lowest BCUT2D eigenvalue weighted by molar-refractivity contribution is 0.361. The molecule has 3 unspecified atom stereocenters. The Morgan fingerprint density at radius 1 is 1.33 bits per heavy atom. The SMILES string of the molecule is CCC1CCC(C(Cc2ccccc2Cl)NC)C1. The fraction of sp³-hybridized carbons (Fsp3) is 0.625. The van der Waals surface area contributed by atoms with Crippen LogP contribution in [0.2, 0.25) is 5.02 Å². The number of likely N-dealkylation sites (N-methyl/N-ethyl adjacent to an activating group) is 1. The van der Waals surface area contributed by atoms with E-state index in [1.807, 2.05) is 12.1 Å². The largest absolute Gasteiger partial charge is 0.316 e. The molecular formula is C16H24ClN. The van der Waals surface area contributed by atoms with Gasteiger partial charge in [0.25, 0.3) is 0 Å². The highest BCUT2D eigenvalue weighted by atomic mass is 35.5. The predicted molar refractivity (Wildman–Crippen MR) is 79.1 cm³/mol. The van der Waals surface area contributed by atoms with Crippen LogP contribution in [0.25, 0.3) is 0 Å². The summed E-state index contributed by atoms with van der Waals surface area (Å²) in [6, 6.07) is 8.80. The molecule has 0 heterocycles. The summed E-state index contributed by atoms with van der Waals surface area (Å²) in [6.07, 6.45) is 6.54. The molecule has 1 aliphatic carbocycles. The first-order chi connectivity index (χ1) is 8.74. The van der Waals surface area contributed by atoms with E-state index < -0.39 is 0 Å². The third-order valence-electron chi connectivity index (χ3n) is 4.50. The van der Waals surface area contributed by atoms with Gasteiger partial charge < -0.3 is 5.32 Å². The normalized spacial score (nSPS) is 25.3. The average Bonchev–Trinajstić information content (AvgIpc) is 2.86. The Bertz CT molecular complexity index is 377. The van der Waals surface area contributed by atoms with Gasteiger partial charge in [0, 0.05) is 11.1 Å². The van der Waals surface area contributed by atoms with Crippen molar-refractivity contribution in [1.82, 2.24) is 5.32 Å². The van der Waals surface area contributed by atoms with Crippen molar-refractivity contribution in [2.45, 2.75) is 45.1 Å². The molecule has 3 atom stereocenters. The van der Waals surface area contributed by atoms with E-state index in [0.717, 1.165) is 23.3 Å². The maximum atomic E-state index is 6.26. The zero-order valence-electron chi connectivity index (χ0n) is 11.5. The van der Waals surface area contributed by atoms with E-state index in [-0.39, 0.29) is 0 Å². The summed E-state index contributed by atoms with van der Waals surface area (Å²) in [5.41, 5.74) is 1.28. The highest BCUT2D eigenvalue weighted by Gasteiger charge is 2.29. The maximum Gasteiger partial charge on any atom is 0.0438 e. The van der Waals surface area contributed by atoms with Gasteiger partial charge in [-0.15, -0.1) is 0 Å². The van der Waals surface area contributed by atoms with E-state index >= 15 is 0 Å². The molecule has 1 saturated carbocycles. The van der Waals surface area contributed by atoms with Crippen LogP contribution in [0, 0.1) is 11.8 Å². The smallest absolute Gasteiger partial charge is 0.0438 e. The van der Waals surface area contributed by atoms with Crippen molar-refractivity contribution in [2.24, 2.45) is 11.8 Å². The molecule has 0 spiro atoms. The molecular weight excluding hydrogens is 242 g/mol. The molecule has 0 radical (unpaired) electrons. The minimum absolute atomic E-state index is 0.571. The number of halogens is 1. The van der Waals surface area contributed by atoms with Crippen LogP contribution in [0.3, 0.4) is 0 Å². The van der Waals surface area contributed by atoms with Crippen molar-refractivity contribution < 1.29 is 0 Å². The van der Waals surface area contributed by atoms with Crippen LogP contribution < -0.4 is 5.32 Å². The van der Waals surface area contributed by atoms with E-state index in [1.165, 1.54) is 31.2 Å². The Kier molecular flexibility index (Phi) is 5.08. The summed E-state index contributed by atoms with van der Waals surface area (Å²) in [5, 5.41) is 4.41. The van der Waals surface area contributed by atoms with Gasteiger partial charge in [-0.2, -0.15) is 0 Å². The van der Waals surface area contributed by atoms with Gasteiger partial charge in [-0.1, -0.05) is 49.6 Å². The van der Waals surface area contributed by atoms with Gasteiger partial charge in [-0.05, 0) is 49.8 Å². The van der Waals surface area contributed by atoms with Gasteiger partial charge in [-0.3, -0.25) is 0 Å². The lowest BCUT2D eigenvalue weighted by atomic mass is 9.91. The Balaban J connectivity index is 2.00. The van der Waals surface area contributed by atoms with Crippen molar-refractivity contribution in [3.63, 3.8) is 0 Å².